The third-order valence-electron chi connectivity index (χ3n) is 10.8. The minimum atomic E-state index is -5.39. The maximum atomic E-state index is 8.55. The Morgan fingerprint density at radius 1 is 0.250 bits per heavy atom. The van der Waals surface area contributed by atoms with Gasteiger partial charge in [-0.25, -0.2) is 0 Å². The van der Waals surface area contributed by atoms with Crippen LogP contribution >= 0.6 is 7.82 Å². The first-order valence-corrected chi connectivity index (χ1v) is 33.1. The Labute approximate surface area is 384 Å². The van der Waals surface area contributed by atoms with Gasteiger partial charge >= 0.3 is 282 Å². The van der Waals surface area contributed by atoms with Crippen LogP contribution in [0.3, 0.4) is 0 Å². The van der Waals surface area contributed by atoms with Gasteiger partial charge in [-0.3, -0.25) is 0 Å². The SMILES string of the molecule is CCCCCCCCCCCCCCC[CH2][Zn+].CCCCCCCCCCCCCCC[CH2][Zn+].CCCCCCCCCCCCCCC[CH2][Zn+].O=P([O-])([O-])[O-]. The number of phosphoric acid groups is 1. The van der Waals surface area contributed by atoms with Crippen LogP contribution in [0.15, 0.2) is 0 Å². The molecule has 0 aromatic heterocycles. The molecule has 0 saturated carbocycles. The molecule has 0 aliphatic heterocycles. The number of hydrogen-bond acceptors (Lipinski definition) is 4. The van der Waals surface area contributed by atoms with Crippen molar-refractivity contribution < 1.29 is 74.2 Å². The van der Waals surface area contributed by atoms with Crippen LogP contribution in [0.2, 0.25) is 15.0 Å². The molecule has 0 amide bonds. The molecular formula is C48H99O4PZn3. The molecule has 0 unspecified atom stereocenters. The first-order valence-electron chi connectivity index (χ1n) is 25.4. The molecule has 0 aliphatic carbocycles. The normalized spacial score (nSPS) is 11.1. The summed E-state index contributed by atoms with van der Waals surface area (Å²) < 4.78 is 8.55. The summed E-state index contributed by atoms with van der Waals surface area (Å²) >= 11 is 4.49. The van der Waals surface area contributed by atoms with Crippen molar-refractivity contribution in [2.45, 2.75) is 305 Å². The van der Waals surface area contributed by atoms with Crippen molar-refractivity contribution in [2.24, 2.45) is 0 Å². The van der Waals surface area contributed by atoms with Gasteiger partial charge in [-0.05, 0) is 0 Å². The van der Waals surface area contributed by atoms with Gasteiger partial charge in [0.2, 0.25) is 0 Å². The predicted molar refractivity (Wildman–Crippen MR) is 233 cm³/mol. The van der Waals surface area contributed by atoms with Crippen LogP contribution in [-0.2, 0) is 59.5 Å². The molecule has 56 heavy (non-hydrogen) atoms. The van der Waals surface area contributed by atoms with E-state index in [1.807, 2.05) is 0 Å². The van der Waals surface area contributed by atoms with E-state index in [4.69, 9.17) is 19.2 Å². The van der Waals surface area contributed by atoms with Gasteiger partial charge in [0, 0.05) is 0 Å². The van der Waals surface area contributed by atoms with Gasteiger partial charge in [-0.2, -0.15) is 7.82 Å². The van der Waals surface area contributed by atoms with Crippen molar-refractivity contribution in [3.05, 3.63) is 0 Å². The summed E-state index contributed by atoms with van der Waals surface area (Å²) in [6.07, 6.45) is 62.1. The molecule has 0 aliphatic rings. The van der Waals surface area contributed by atoms with Gasteiger partial charge in [-0.1, -0.05) is 78.6 Å². The minimum Gasteiger partial charge on any atom is -0.822 e. The maximum absolute atomic E-state index is 8.55. The summed E-state index contributed by atoms with van der Waals surface area (Å²) in [6.45, 7) is 6.88. The zero-order valence-corrected chi connectivity index (χ0v) is 48.8. The Morgan fingerprint density at radius 3 is 0.429 bits per heavy atom. The summed E-state index contributed by atoms with van der Waals surface area (Å²) in [4.78, 5) is 25.6. The molecule has 0 N–H and O–H groups in total. The van der Waals surface area contributed by atoms with Crippen LogP contribution in [0.1, 0.15) is 290 Å². The fourth-order valence-corrected chi connectivity index (χ4v) is 9.34. The van der Waals surface area contributed by atoms with E-state index in [-0.39, 0.29) is 0 Å². The molecule has 0 atom stereocenters. The van der Waals surface area contributed by atoms with Crippen molar-refractivity contribution in [3.8, 4) is 0 Å². The van der Waals surface area contributed by atoms with Crippen molar-refractivity contribution in [3.63, 3.8) is 0 Å². The molecule has 0 heterocycles. The van der Waals surface area contributed by atoms with Crippen LogP contribution in [-0.4, -0.2) is 0 Å². The van der Waals surface area contributed by atoms with E-state index in [0.717, 1.165) is 0 Å². The fourth-order valence-electron chi connectivity index (χ4n) is 7.11. The summed E-state index contributed by atoms with van der Waals surface area (Å²) in [7, 11) is -5.39. The molecule has 0 bridgehead atoms. The molecule has 8 heteroatoms. The van der Waals surface area contributed by atoms with Gasteiger partial charge in [0.1, 0.15) is 0 Å². The topological polar surface area (TPSA) is 86.2 Å². The zero-order valence-electron chi connectivity index (χ0n) is 39.0. The molecule has 0 fully saturated rings. The first-order chi connectivity index (χ1) is 27.2. The van der Waals surface area contributed by atoms with Gasteiger partial charge in [0.15, 0.2) is 0 Å². The predicted octanol–water partition coefficient (Wildman–Crippen LogP) is 16.5. The first kappa shape index (κ1) is 64.6. The third kappa shape index (κ3) is 87.5. The monoisotopic (exact) mass is 963 g/mol. The van der Waals surface area contributed by atoms with Gasteiger partial charge < -0.3 is 19.2 Å². The smallest absolute Gasteiger partial charge is 0.159 e. The van der Waals surface area contributed by atoms with Crippen LogP contribution in [0.25, 0.3) is 0 Å². The summed E-state index contributed by atoms with van der Waals surface area (Å²) in [5.41, 5.74) is 0. The number of hydrogen-bond donors (Lipinski definition) is 0. The van der Waals surface area contributed by atoms with E-state index in [1.165, 1.54) is 340 Å². The van der Waals surface area contributed by atoms with Crippen molar-refractivity contribution >= 4 is 7.82 Å². The molecule has 0 rings (SSSR count). The van der Waals surface area contributed by atoms with Crippen LogP contribution in [0, 0.1) is 0 Å². The summed E-state index contributed by atoms with van der Waals surface area (Å²) in [5.74, 6) is 0. The molecule has 0 spiro atoms. The Bertz CT molecular complexity index is 547. The van der Waals surface area contributed by atoms with Gasteiger partial charge in [-0.15, -0.1) is 0 Å². The van der Waals surface area contributed by atoms with E-state index in [0.29, 0.717) is 0 Å². The van der Waals surface area contributed by atoms with Crippen molar-refractivity contribution in [2.75, 3.05) is 0 Å². The third-order valence-corrected chi connectivity index (χ3v) is 14.0. The average Bonchev–Trinajstić information content (AvgIpc) is 3.17. The van der Waals surface area contributed by atoms with E-state index >= 15 is 0 Å². The molecule has 0 aromatic rings. The van der Waals surface area contributed by atoms with Crippen LogP contribution in [0.4, 0.5) is 0 Å². The Morgan fingerprint density at radius 2 is 0.339 bits per heavy atom. The standard InChI is InChI=1S/3C16H33.H3O4P.3Zn/c3*1-3-5-7-9-11-13-15-16-14-12-10-8-6-4-2;1-5(2,3)4;;;/h3*1,3-16H2,2H3;(H3,1,2,3,4);;;/q;;;;3*+1/p-3. The van der Waals surface area contributed by atoms with E-state index in [9.17, 15) is 0 Å². The second-order valence-corrected chi connectivity index (χ2v) is 22.1. The van der Waals surface area contributed by atoms with Crippen LogP contribution in [0.5, 0.6) is 0 Å². The van der Waals surface area contributed by atoms with Gasteiger partial charge in [0.25, 0.3) is 0 Å². The maximum Gasteiger partial charge on any atom is -0.159 e. The molecule has 4 nitrogen and oxygen atoms in total. The Balaban J connectivity index is -0.000000340. The average molecular weight is 967 g/mol. The fraction of sp³-hybridized carbons (Fsp3) is 1.00. The molecule has 0 radical (unpaired) electrons. The Kier molecular flexibility index (Phi) is 73.4. The molecule has 0 aromatic carbocycles. The van der Waals surface area contributed by atoms with Crippen molar-refractivity contribution in [1.82, 2.24) is 0 Å². The number of rotatable bonds is 42. The summed E-state index contributed by atoms with van der Waals surface area (Å²) in [6, 6.07) is 0. The second kappa shape index (κ2) is 63.6. The second-order valence-electron chi connectivity index (χ2n) is 16.8. The minimum absolute atomic E-state index is 1.38. The largest absolute Gasteiger partial charge is 0.822 e. The van der Waals surface area contributed by atoms with Crippen LogP contribution < -0.4 is 14.7 Å². The summed E-state index contributed by atoms with van der Waals surface area (Å²) in [5, 5.41) is 4.49. The van der Waals surface area contributed by atoms with E-state index in [1.54, 1.807) is 0 Å². The molecule has 0 saturated heterocycles. The van der Waals surface area contributed by atoms with E-state index < -0.39 is 7.82 Å². The van der Waals surface area contributed by atoms with E-state index in [2.05, 4.69) is 20.8 Å². The zero-order chi connectivity index (χ0) is 42.3. The quantitative estimate of drug-likeness (QED) is 0.0346. The Hall–Kier alpha value is 1.98. The molecular weight excluding hydrogens is 868 g/mol. The van der Waals surface area contributed by atoms with Crippen molar-refractivity contribution in [1.29, 1.82) is 0 Å². The molecule has 326 valence electrons. The van der Waals surface area contributed by atoms with Gasteiger partial charge in [0.05, 0.1) is 0 Å². The number of unbranched alkanes of at least 4 members (excludes halogenated alkanes) is 39.